The summed E-state index contributed by atoms with van der Waals surface area (Å²) in [6.45, 7) is 0. The molecule has 2 rings (SSSR count). The van der Waals surface area contributed by atoms with E-state index in [0.29, 0.717) is 22.8 Å². The summed E-state index contributed by atoms with van der Waals surface area (Å²) in [6, 6.07) is 12.2. The van der Waals surface area contributed by atoms with E-state index in [1.165, 1.54) is 14.2 Å². The molecule has 23 heavy (non-hydrogen) atoms. The van der Waals surface area contributed by atoms with Crippen LogP contribution in [0.5, 0.6) is 17.2 Å². The van der Waals surface area contributed by atoms with Crippen LogP contribution in [-0.2, 0) is 4.79 Å². The highest BCUT2D eigenvalue weighted by Crippen LogP contribution is 2.31. The Morgan fingerprint density at radius 1 is 0.913 bits per heavy atom. The van der Waals surface area contributed by atoms with Crippen LogP contribution in [0.4, 0.5) is 0 Å². The number of hydrogen-bond donors (Lipinski definition) is 1. The SMILES string of the molecule is COc1ccc(/C=C(\C(=O)O)c2cc(OC)ccc2OC)cc1. The molecule has 0 bridgehead atoms. The van der Waals surface area contributed by atoms with Crippen molar-refractivity contribution in [2.75, 3.05) is 21.3 Å². The van der Waals surface area contributed by atoms with E-state index in [-0.39, 0.29) is 5.57 Å². The maximum Gasteiger partial charge on any atom is 0.336 e. The molecule has 0 spiro atoms. The van der Waals surface area contributed by atoms with Gasteiger partial charge in [-0.25, -0.2) is 4.79 Å². The first-order valence-electron chi connectivity index (χ1n) is 6.90. The average Bonchev–Trinajstić information content (AvgIpc) is 2.59. The predicted molar refractivity (Wildman–Crippen MR) is 88.0 cm³/mol. The van der Waals surface area contributed by atoms with Crippen molar-refractivity contribution >= 4 is 17.6 Å². The molecule has 0 heterocycles. The summed E-state index contributed by atoms with van der Waals surface area (Å²) in [7, 11) is 4.60. The summed E-state index contributed by atoms with van der Waals surface area (Å²) >= 11 is 0. The molecule has 2 aromatic carbocycles. The van der Waals surface area contributed by atoms with Gasteiger partial charge in [0.2, 0.25) is 0 Å². The van der Waals surface area contributed by atoms with Gasteiger partial charge in [0, 0.05) is 5.56 Å². The summed E-state index contributed by atoms with van der Waals surface area (Å²) in [5, 5.41) is 9.58. The van der Waals surface area contributed by atoms with E-state index in [2.05, 4.69) is 0 Å². The Morgan fingerprint density at radius 2 is 1.52 bits per heavy atom. The molecule has 1 N–H and O–H groups in total. The third-order valence-corrected chi connectivity index (χ3v) is 3.35. The molecule has 2 aromatic rings. The first-order chi connectivity index (χ1) is 11.1. The van der Waals surface area contributed by atoms with Gasteiger partial charge in [-0.3, -0.25) is 0 Å². The zero-order valence-electron chi connectivity index (χ0n) is 13.2. The number of methoxy groups -OCH3 is 3. The van der Waals surface area contributed by atoms with Crippen molar-refractivity contribution < 1.29 is 24.1 Å². The van der Waals surface area contributed by atoms with Crippen LogP contribution < -0.4 is 14.2 Å². The molecule has 120 valence electrons. The van der Waals surface area contributed by atoms with Crippen LogP contribution in [0.2, 0.25) is 0 Å². The Kier molecular flexibility index (Phi) is 5.25. The number of aliphatic carboxylic acids is 1. The van der Waals surface area contributed by atoms with Crippen molar-refractivity contribution in [2.24, 2.45) is 0 Å². The predicted octanol–water partition coefficient (Wildman–Crippen LogP) is 3.34. The number of rotatable bonds is 6. The smallest absolute Gasteiger partial charge is 0.336 e. The molecule has 0 fully saturated rings. The lowest BCUT2D eigenvalue weighted by Gasteiger charge is -2.11. The fraction of sp³-hybridized carbons (Fsp3) is 0.167. The average molecular weight is 314 g/mol. The van der Waals surface area contributed by atoms with Crippen LogP contribution in [0.1, 0.15) is 11.1 Å². The molecule has 0 aliphatic carbocycles. The summed E-state index contributed by atoms with van der Waals surface area (Å²) in [4.78, 5) is 11.7. The van der Waals surface area contributed by atoms with Gasteiger partial charge in [0.05, 0.1) is 26.9 Å². The number of benzene rings is 2. The lowest BCUT2D eigenvalue weighted by molar-refractivity contribution is -0.130. The molecule has 0 saturated carbocycles. The monoisotopic (exact) mass is 314 g/mol. The largest absolute Gasteiger partial charge is 0.497 e. The molecule has 0 aromatic heterocycles. The third kappa shape index (κ3) is 3.83. The second kappa shape index (κ2) is 7.35. The van der Waals surface area contributed by atoms with Crippen LogP contribution in [0.3, 0.4) is 0 Å². The maximum atomic E-state index is 11.7. The highest BCUT2D eigenvalue weighted by Gasteiger charge is 2.16. The van der Waals surface area contributed by atoms with Gasteiger partial charge < -0.3 is 19.3 Å². The van der Waals surface area contributed by atoms with Crippen molar-refractivity contribution in [3.8, 4) is 17.2 Å². The van der Waals surface area contributed by atoms with Crippen LogP contribution in [0, 0.1) is 0 Å². The van der Waals surface area contributed by atoms with Gasteiger partial charge in [-0.15, -0.1) is 0 Å². The molecule has 0 unspecified atom stereocenters. The van der Waals surface area contributed by atoms with Gasteiger partial charge >= 0.3 is 5.97 Å². The number of carboxylic acids is 1. The summed E-state index contributed by atoms with van der Waals surface area (Å²) in [5.41, 5.74) is 1.31. The molecule has 0 aliphatic heterocycles. The van der Waals surface area contributed by atoms with E-state index in [0.717, 1.165) is 5.56 Å². The normalized spacial score (nSPS) is 11.0. The Labute approximate surface area is 134 Å². The van der Waals surface area contributed by atoms with E-state index >= 15 is 0 Å². The Morgan fingerprint density at radius 3 is 2.04 bits per heavy atom. The number of carboxylic acid groups (broad SMARTS) is 1. The lowest BCUT2D eigenvalue weighted by atomic mass is 10.0. The molecule has 0 amide bonds. The zero-order chi connectivity index (χ0) is 16.8. The molecular formula is C18H18O5. The number of carbonyl (C=O) groups is 1. The van der Waals surface area contributed by atoms with Gasteiger partial charge in [-0.2, -0.15) is 0 Å². The van der Waals surface area contributed by atoms with Crippen molar-refractivity contribution in [1.82, 2.24) is 0 Å². The van der Waals surface area contributed by atoms with Crippen molar-refractivity contribution in [3.05, 3.63) is 53.6 Å². The Bertz CT molecular complexity index is 717. The van der Waals surface area contributed by atoms with Gasteiger partial charge in [0.15, 0.2) is 0 Å². The van der Waals surface area contributed by atoms with E-state index < -0.39 is 5.97 Å². The molecular weight excluding hydrogens is 296 g/mol. The van der Waals surface area contributed by atoms with Crippen LogP contribution in [-0.4, -0.2) is 32.4 Å². The molecule has 0 atom stereocenters. The second-order valence-corrected chi connectivity index (χ2v) is 4.70. The summed E-state index contributed by atoms with van der Waals surface area (Å²) < 4.78 is 15.5. The highest BCUT2D eigenvalue weighted by atomic mass is 16.5. The first-order valence-corrected chi connectivity index (χ1v) is 6.90. The lowest BCUT2D eigenvalue weighted by Crippen LogP contribution is -2.02. The van der Waals surface area contributed by atoms with Crippen LogP contribution >= 0.6 is 0 Å². The molecule has 0 saturated heterocycles. The molecule has 5 nitrogen and oxygen atoms in total. The molecule has 0 radical (unpaired) electrons. The minimum Gasteiger partial charge on any atom is -0.497 e. The Hall–Kier alpha value is -2.95. The quantitative estimate of drug-likeness (QED) is 0.654. The van der Waals surface area contributed by atoms with Crippen molar-refractivity contribution in [3.63, 3.8) is 0 Å². The summed E-state index contributed by atoms with van der Waals surface area (Å²) in [6.07, 6.45) is 1.58. The number of hydrogen-bond acceptors (Lipinski definition) is 4. The standard InChI is InChI=1S/C18H18O5/c1-21-13-6-4-12(5-7-13)10-16(18(19)20)15-11-14(22-2)8-9-17(15)23-3/h4-11H,1-3H3,(H,19,20)/b16-10-. The van der Waals surface area contributed by atoms with Crippen LogP contribution in [0.25, 0.3) is 11.6 Å². The highest BCUT2D eigenvalue weighted by molar-refractivity contribution is 6.21. The fourth-order valence-corrected chi connectivity index (χ4v) is 2.15. The molecule has 0 aliphatic rings. The fourth-order valence-electron chi connectivity index (χ4n) is 2.15. The van der Waals surface area contributed by atoms with Gasteiger partial charge in [0.1, 0.15) is 17.2 Å². The van der Waals surface area contributed by atoms with Gasteiger partial charge in [-0.05, 0) is 42.0 Å². The van der Waals surface area contributed by atoms with E-state index in [1.807, 2.05) is 0 Å². The van der Waals surface area contributed by atoms with Crippen LogP contribution in [0.15, 0.2) is 42.5 Å². The van der Waals surface area contributed by atoms with Crippen molar-refractivity contribution in [1.29, 1.82) is 0 Å². The van der Waals surface area contributed by atoms with E-state index in [1.54, 1.807) is 55.7 Å². The second-order valence-electron chi connectivity index (χ2n) is 4.70. The van der Waals surface area contributed by atoms with E-state index in [9.17, 15) is 9.90 Å². The van der Waals surface area contributed by atoms with Crippen molar-refractivity contribution in [2.45, 2.75) is 0 Å². The summed E-state index contributed by atoms with van der Waals surface area (Å²) in [5.74, 6) is 0.681. The minimum atomic E-state index is -1.05. The zero-order valence-corrected chi connectivity index (χ0v) is 13.2. The van der Waals surface area contributed by atoms with Gasteiger partial charge in [-0.1, -0.05) is 12.1 Å². The maximum absolute atomic E-state index is 11.7. The topological polar surface area (TPSA) is 65.0 Å². The third-order valence-electron chi connectivity index (χ3n) is 3.35. The minimum absolute atomic E-state index is 0.117. The molecule has 5 heteroatoms. The first kappa shape index (κ1) is 16.4. The van der Waals surface area contributed by atoms with Gasteiger partial charge in [0.25, 0.3) is 0 Å². The van der Waals surface area contributed by atoms with E-state index in [4.69, 9.17) is 14.2 Å². The Balaban J connectivity index is 2.53. The number of ether oxygens (including phenoxy) is 3.